The summed E-state index contributed by atoms with van der Waals surface area (Å²) in [5.41, 5.74) is 9.00. The van der Waals surface area contributed by atoms with E-state index in [-0.39, 0.29) is 11.9 Å². The number of hydrazine groups is 1. The van der Waals surface area contributed by atoms with Crippen LogP contribution in [0.4, 0.5) is 0 Å². The van der Waals surface area contributed by atoms with E-state index in [9.17, 15) is 4.79 Å². The van der Waals surface area contributed by atoms with Crippen LogP contribution in [0.1, 0.15) is 27.5 Å². The lowest BCUT2D eigenvalue weighted by atomic mass is 9.99. The number of carbonyl (C=O) groups excluding carboxylic acids is 1. The standard InChI is InChI=1S/C21H20N2O/c24-21(19-14-8-3-9-15-19)23-22-20(18-12-6-2-7-13-18)16-17-10-4-1-5-11-17/h1-15,20,22H,16H2,(H,23,24). The van der Waals surface area contributed by atoms with Crippen molar-refractivity contribution in [3.8, 4) is 0 Å². The largest absolute Gasteiger partial charge is 0.287 e. The summed E-state index contributed by atoms with van der Waals surface area (Å²) < 4.78 is 0. The molecule has 24 heavy (non-hydrogen) atoms. The topological polar surface area (TPSA) is 41.1 Å². The molecule has 0 aromatic heterocycles. The van der Waals surface area contributed by atoms with Gasteiger partial charge in [0.1, 0.15) is 0 Å². The minimum Gasteiger partial charge on any atom is -0.287 e. The predicted octanol–water partition coefficient (Wildman–Crippen LogP) is 3.91. The van der Waals surface area contributed by atoms with Gasteiger partial charge in [0.2, 0.25) is 0 Å². The fraction of sp³-hybridized carbons (Fsp3) is 0.0952. The number of benzene rings is 3. The normalized spacial score (nSPS) is 11.7. The van der Waals surface area contributed by atoms with Crippen LogP contribution in [0, 0.1) is 0 Å². The molecule has 3 nitrogen and oxygen atoms in total. The zero-order valence-corrected chi connectivity index (χ0v) is 13.4. The molecule has 0 bridgehead atoms. The van der Waals surface area contributed by atoms with Crippen LogP contribution in [-0.4, -0.2) is 5.91 Å². The third kappa shape index (κ3) is 4.31. The summed E-state index contributed by atoms with van der Waals surface area (Å²) in [5.74, 6) is -0.135. The minimum atomic E-state index is -0.135. The fourth-order valence-corrected chi connectivity index (χ4v) is 2.60. The highest BCUT2D eigenvalue weighted by Gasteiger charge is 2.13. The Morgan fingerprint density at radius 3 is 1.92 bits per heavy atom. The summed E-state index contributed by atoms with van der Waals surface area (Å²) in [6.45, 7) is 0. The molecule has 3 heteroatoms. The number of nitrogens with one attached hydrogen (secondary N) is 2. The van der Waals surface area contributed by atoms with Crippen LogP contribution in [0.3, 0.4) is 0 Å². The van der Waals surface area contributed by atoms with Gasteiger partial charge in [0.05, 0.1) is 6.04 Å². The molecule has 120 valence electrons. The molecule has 0 aliphatic carbocycles. The monoisotopic (exact) mass is 316 g/mol. The molecule has 1 amide bonds. The van der Waals surface area contributed by atoms with Gasteiger partial charge in [-0.3, -0.25) is 10.2 Å². The van der Waals surface area contributed by atoms with E-state index in [0.29, 0.717) is 5.56 Å². The van der Waals surface area contributed by atoms with Crippen LogP contribution >= 0.6 is 0 Å². The van der Waals surface area contributed by atoms with Gasteiger partial charge in [-0.1, -0.05) is 78.9 Å². The zero-order valence-electron chi connectivity index (χ0n) is 13.4. The Morgan fingerprint density at radius 1 is 0.750 bits per heavy atom. The molecule has 0 radical (unpaired) electrons. The van der Waals surface area contributed by atoms with E-state index in [0.717, 1.165) is 12.0 Å². The molecular weight excluding hydrogens is 296 g/mol. The van der Waals surface area contributed by atoms with Gasteiger partial charge in [-0.15, -0.1) is 0 Å². The van der Waals surface area contributed by atoms with Crippen molar-refractivity contribution >= 4 is 5.91 Å². The summed E-state index contributed by atoms with van der Waals surface area (Å²) >= 11 is 0. The summed E-state index contributed by atoms with van der Waals surface area (Å²) in [6, 6.07) is 29.6. The first-order valence-corrected chi connectivity index (χ1v) is 8.03. The van der Waals surface area contributed by atoms with Gasteiger partial charge < -0.3 is 0 Å². The Kier molecular flexibility index (Phi) is 5.38. The van der Waals surface area contributed by atoms with Crippen LogP contribution in [0.5, 0.6) is 0 Å². The fourth-order valence-electron chi connectivity index (χ4n) is 2.60. The Labute approximate surface area is 142 Å². The lowest BCUT2D eigenvalue weighted by Gasteiger charge is -2.20. The van der Waals surface area contributed by atoms with Crippen molar-refractivity contribution in [1.82, 2.24) is 10.9 Å². The molecule has 0 spiro atoms. The van der Waals surface area contributed by atoms with Crippen LogP contribution in [0.25, 0.3) is 0 Å². The molecule has 3 aromatic rings. The lowest BCUT2D eigenvalue weighted by molar-refractivity contribution is 0.0924. The van der Waals surface area contributed by atoms with Gasteiger partial charge >= 0.3 is 0 Å². The van der Waals surface area contributed by atoms with Gasteiger partial charge in [-0.05, 0) is 29.7 Å². The van der Waals surface area contributed by atoms with Gasteiger partial charge in [0.15, 0.2) is 0 Å². The number of hydrogen-bond acceptors (Lipinski definition) is 2. The van der Waals surface area contributed by atoms with E-state index in [1.54, 1.807) is 12.1 Å². The van der Waals surface area contributed by atoms with Crippen molar-refractivity contribution in [3.63, 3.8) is 0 Å². The number of amides is 1. The molecule has 0 aliphatic heterocycles. The molecule has 0 saturated heterocycles. The summed E-state index contributed by atoms with van der Waals surface area (Å²) in [6.07, 6.45) is 0.792. The Balaban J connectivity index is 1.72. The minimum absolute atomic E-state index is 0.00117. The second-order valence-electron chi connectivity index (χ2n) is 5.62. The number of hydrogen-bond donors (Lipinski definition) is 2. The summed E-state index contributed by atoms with van der Waals surface area (Å²) in [7, 11) is 0. The van der Waals surface area contributed by atoms with Crippen molar-refractivity contribution in [2.75, 3.05) is 0 Å². The average Bonchev–Trinajstić information content (AvgIpc) is 2.67. The quantitative estimate of drug-likeness (QED) is 0.677. The molecule has 1 unspecified atom stereocenters. The van der Waals surface area contributed by atoms with E-state index in [2.05, 4.69) is 35.1 Å². The van der Waals surface area contributed by atoms with Crippen LogP contribution < -0.4 is 10.9 Å². The predicted molar refractivity (Wildman–Crippen MR) is 96.4 cm³/mol. The van der Waals surface area contributed by atoms with Crippen molar-refractivity contribution in [1.29, 1.82) is 0 Å². The van der Waals surface area contributed by atoms with E-state index in [4.69, 9.17) is 0 Å². The maximum Gasteiger partial charge on any atom is 0.265 e. The highest BCUT2D eigenvalue weighted by Crippen LogP contribution is 2.17. The van der Waals surface area contributed by atoms with Crippen molar-refractivity contribution in [3.05, 3.63) is 108 Å². The van der Waals surface area contributed by atoms with Gasteiger partial charge in [0.25, 0.3) is 5.91 Å². The smallest absolute Gasteiger partial charge is 0.265 e. The summed E-state index contributed by atoms with van der Waals surface area (Å²) in [4.78, 5) is 12.3. The highest BCUT2D eigenvalue weighted by molar-refractivity contribution is 5.93. The maximum atomic E-state index is 12.3. The first kappa shape index (κ1) is 16.0. The molecular formula is C21H20N2O. The Hall–Kier alpha value is -2.91. The van der Waals surface area contributed by atoms with Crippen LogP contribution in [0.15, 0.2) is 91.0 Å². The first-order valence-electron chi connectivity index (χ1n) is 8.03. The zero-order chi connectivity index (χ0) is 16.6. The molecule has 0 heterocycles. The lowest BCUT2D eigenvalue weighted by Crippen LogP contribution is -2.40. The van der Waals surface area contributed by atoms with Crippen LogP contribution in [-0.2, 0) is 6.42 Å². The van der Waals surface area contributed by atoms with Gasteiger partial charge in [-0.2, -0.15) is 0 Å². The highest BCUT2D eigenvalue weighted by atomic mass is 16.2. The van der Waals surface area contributed by atoms with E-state index < -0.39 is 0 Å². The first-order chi connectivity index (χ1) is 11.8. The SMILES string of the molecule is O=C(NNC(Cc1ccccc1)c1ccccc1)c1ccccc1. The van der Waals surface area contributed by atoms with E-state index >= 15 is 0 Å². The van der Waals surface area contributed by atoms with Crippen molar-refractivity contribution < 1.29 is 4.79 Å². The molecule has 2 N–H and O–H groups in total. The molecule has 3 aromatic carbocycles. The average molecular weight is 316 g/mol. The van der Waals surface area contributed by atoms with Gasteiger partial charge in [0, 0.05) is 5.56 Å². The van der Waals surface area contributed by atoms with Crippen LogP contribution in [0.2, 0.25) is 0 Å². The Morgan fingerprint density at radius 2 is 1.29 bits per heavy atom. The second-order valence-corrected chi connectivity index (χ2v) is 5.62. The molecule has 3 rings (SSSR count). The number of rotatable bonds is 6. The molecule has 0 aliphatic rings. The van der Waals surface area contributed by atoms with E-state index in [1.807, 2.05) is 54.6 Å². The summed E-state index contributed by atoms with van der Waals surface area (Å²) in [5, 5.41) is 0. The number of carbonyl (C=O) groups is 1. The third-order valence-corrected chi connectivity index (χ3v) is 3.88. The second kappa shape index (κ2) is 8.09. The Bertz CT molecular complexity index is 758. The van der Waals surface area contributed by atoms with Crippen molar-refractivity contribution in [2.24, 2.45) is 0 Å². The third-order valence-electron chi connectivity index (χ3n) is 3.88. The van der Waals surface area contributed by atoms with Crippen molar-refractivity contribution in [2.45, 2.75) is 12.5 Å². The molecule has 0 fully saturated rings. The maximum absolute atomic E-state index is 12.3. The van der Waals surface area contributed by atoms with Gasteiger partial charge in [-0.25, -0.2) is 5.43 Å². The molecule has 0 saturated carbocycles. The molecule has 1 atom stereocenters. The van der Waals surface area contributed by atoms with E-state index in [1.165, 1.54) is 5.56 Å².